The van der Waals surface area contributed by atoms with Gasteiger partial charge in [0, 0.05) is 25.8 Å². The maximum atomic E-state index is 8.88. The van der Waals surface area contributed by atoms with E-state index in [0.717, 1.165) is 30.6 Å². The normalized spacial score (nSPS) is 19.6. The van der Waals surface area contributed by atoms with Crippen molar-refractivity contribution in [2.45, 2.75) is 64.2 Å². The van der Waals surface area contributed by atoms with Gasteiger partial charge in [0.05, 0.1) is 0 Å². The van der Waals surface area contributed by atoms with Gasteiger partial charge >= 0.3 is 0 Å². The number of hydrogen-bond acceptors (Lipinski definition) is 1. The van der Waals surface area contributed by atoms with E-state index in [2.05, 4.69) is 34.1 Å². The van der Waals surface area contributed by atoms with Crippen molar-refractivity contribution in [3.63, 3.8) is 0 Å². The summed E-state index contributed by atoms with van der Waals surface area (Å²) in [4.78, 5) is 4.46. The van der Waals surface area contributed by atoms with Gasteiger partial charge in [-0.2, -0.15) is 0 Å². The number of benzene rings is 1. The Labute approximate surface area is 153 Å². The second kappa shape index (κ2) is 9.26. The fourth-order valence-electron chi connectivity index (χ4n) is 4.60. The zero-order valence-corrected chi connectivity index (χ0v) is 15.9. The molecule has 1 aromatic rings. The van der Waals surface area contributed by atoms with Gasteiger partial charge in [0.2, 0.25) is 0 Å². The third kappa shape index (κ3) is 5.23. The summed E-state index contributed by atoms with van der Waals surface area (Å²) in [6, 6.07) is 10.4. The first-order valence-electron chi connectivity index (χ1n) is 10.4. The number of nitrogens with zero attached hydrogens (tertiary/aromatic N) is 2. The SMILES string of the molecule is CN(C(=N)N(CC1CCCCC1)CC1CCCCC1)c1ccccc1. The summed E-state index contributed by atoms with van der Waals surface area (Å²) < 4.78 is 0. The van der Waals surface area contributed by atoms with Gasteiger partial charge in [0.25, 0.3) is 0 Å². The summed E-state index contributed by atoms with van der Waals surface area (Å²) in [5.41, 5.74) is 1.12. The summed E-state index contributed by atoms with van der Waals surface area (Å²) in [6.45, 7) is 2.15. The Bertz CT molecular complexity index is 495. The van der Waals surface area contributed by atoms with Crippen LogP contribution in [0, 0.1) is 17.2 Å². The first-order valence-corrected chi connectivity index (χ1v) is 10.4. The van der Waals surface area contributed by atoms with Crippen molar-refractivity contribution < 1.29 is 0 Å². The van der Waals surface area contributed by atoms with Crippen molar-refractivity contribution in [3.8, 4) is 0 Å². The molecule has 0 aromatic heterocycles. The lowest BCUT2D eigenvalue weighted by molar-refractivity contribution is 0.222. The molecule has 3 nitrogen and oxygen atoms in total. The number of hydrogen-bond donors (Lipinski definition) is 1. The highest BCUT2D eigenvalue weighted by molar-refractivity contribution is 5.93. The molecule has 0 unspecified atom stereocenters. The Hall–Kier alpha value is -1.51. The standard InChI is InChI=1S/C22H35N3/c1-24(21-15-9-4-10-16-21)22(23)25(17-19-11-5-2-6-12-19)18-20-13-7-3-8-14-20/h4,9-10,15-16,19-20,23H,2-3,5-8,11-14,17-18H2,1H3. The van der Waals surface area contributed by atoms with Crippen LogP contribution < -0.4 is 4.90 Å². The molecule has 25 heavy (non-hydrogen) atoms. The molecule has 1 N–H and O–H groups in total. The van der Waals surface area contributed by atoms with Crippen LogP contribution in [0.4, 0.5) is 5.69 Å². The largest absolute Gasteiger partial charge is 0.342 e. The smallest absolute Gasteiger partial charge is 0.198 e. The fourth-order valence-corrected chi connectivity index (χ4v) is 4.60. The molecule has 0 saturated heterocycles. The van der Waals surface area contributed by atoms with Gasteiger partial charge in [-0.25, -0.2) is 0 Å². The highest BCUT2D eigenvalue weighted by Gasteiger charge is 2.25. The van der Waals surface area contributed by atoms with E-state index in [0.29, 0.717) is 5.96 Å². The zero-order valence-electron chi connectivity index (χ0n) is 15.9. The number of rotatable bonds is 5. The topological polar surface area (TPSA) is 30.3 Å². The molecule has 0 aliphatic heterocycles. The molecule has 0 amide bonds. The molecule has 138 valence electrons. The molecule has 0 heterocycles. The molecular weight excluding hydrogens is 306 g/mol. The van der Waals surface area contributed by atoms with Gasteiger partial charge < -0.3 is 9.80 Å². The number of nitrogens with one attached hydrogen (secondary N) is 1. The van der Waals surface area contributed by atoms with E-state index < -0.39 is 0 Å². The molecular formula is C22H35N3. The van der Waals surface area contributed by atoms with Gasteiger partial charge in [-0.3, -0.25) is 5.41 Å². The molecule has 2 aliphatic carbocycles. The van der Waals surface area contributed by atoms with E-state index in [-0.39, 0.29) is 0 Å². The van der Waals surface area contributed by atoms with Crippen LogP contribution in [-0.4, -0.2) is 31.0 Å². The van der Waals surface area contributed by atoms with Crippen LogP contribution in [0.25, 0.3) is 0 Å². The first-order chi connectivity index (χ1) is 12.2. The maximum Gasteiger partial charge on any atom is 0.198 e. The molecule has 0 bridgehead atoms. The first kappa shape index (κ1) is 18.3. The minimum Gasteiger partial charge on any atom is -0.342 e. The van der Waals surface area contributed by atoms with E-state index >= 15 is 0 Å². The second-order valence-electron chi connectivity index (χ2n) is 8.13. The number of anilines is 1. The molecule has 0 radical (unpaired) electrons. The van der Waals surface area contributed by atoms with Gasteiger partial charge in [0.15, 0.2) is 5.96 Å². The summed E-state index contributed by atoms with van der Waals surface area (Å²) in [5.74, 6) is 2.24. The summed E-state index contributed by atoms with van der Waals surface area (Å²) in [6.07, 6.45) is 13.7. The molecule has 3 rings (SSSR count). The van der Waals surface area contributed by atoms with Crippen LogP contribution >= 0.6 is 0 Å². The van der Waals surface area contributed by atoms with Crippen molar-refractivity contribution in [3.05, 3.63) is 30.3 Å². The van der Waals surface area contributed by atoms with Crippen molar-refractivity contribution >= 4 is 11.6 Å². The van der Waals surface area contributed by atoms with Gasteiger partial charge in [0.1, 0.15) is 0 Å². The number of para-hydroxylation sites is 1. The lowest BCUT2D eigenvalue weighted by Gasteiger charge is -2.37. The Morgan fingerprint density at radius 1 is 0.840 bits per heavy atom. The molecule has 2 saturated carbocycles. The van der Waals surface area contributed by atoms with Crippen LogP contribution in [0.1, 0.15) is 64.2 Å². The molecule has 1 aromatic carbocycles. The van der Waals surface area contributed by atoms with E-state index in [9.17, 15) is 0 Å². The summed E-state index contributed by atoms with van der Waals surface area (Å²) in [5, 5.41) is 8.88. The Kier molecular flexibility index (Phi) is 6.77. The molecule has 2 fully saturated rings. The molecule has 0 spiro atoms. The lowest BCUT2D eigenvalue weighted by atomic mass is 9.87. The highest BCUT2D eigenvalue weighted by Crippen LogP contribution is 2.28. The second-order valence-corrected chi connectivity index (χ2v) is 8.13. The third-order valence-corrected chi connectivity index (χ3v) is 6.17. The summed E-state index contributed by atoms with van der Waals surface area (Å²) in [7, 11) is 2.05. The van der Waals surface area contributed by atoms with Gasteiger partial charge in [-0.15, -0.1) is 0 Å². The van der Waals surface area contributed by atoms with Crippen molar-refractivity contribution in [1.82, 2.24) is 4.90 Å². The van der Waals surface area contributed by atoms with Crippen LogP contribution in [-0.2, 0) is 0 Å². The fraction of sp³-hybridized carbons (Fsp3) is 0.682. The van der Waals surface area contributed by atoms with Crippen molar-refractivity contribution in [2.75, 3.05) is 25.0 Å². The van der Waals surface area contributed by atoms with Crippen LogP contribution in [0.15, 0.2) is 30.3 Å². The van der Waals surface area contributed by atoms with Gasteiger partial charge in [-0.1, -0.05) is 56.7 Å². The van der Waals surface area contributed by atoms with Crippen LogP contribution in [0.3, 0.4) is 0 Å². The molecule has 3 heteroatoms. The third-order valence-electron chi connectivity index (χ3n) is 6.17. The average molecular weight is 342 g/mol. The van der Waals surface area contributed by atoms with E-state index in [1.807, 2.05) is 13.1 Å². The Morgan fingerprint density at radius 3 is 1.80 bits per heavy atom. The zero-order chi connectivity index (χ0) is 17.5. The lowest BCUT2D eigenvalue weighted by Crippen LogP contribution is -2.46. The van der Waals surface area contributed by atoms with Gasteiger partial charge in [-0.05, 0) is 49.7 Å². The molecule has 2 aliphatic rings. The van der Waals surface area contributed by atoms with E-state index in [1.165, 1.54) is 64.2 Å². The van der Waals surface area contributed by atoms with Crippen LogP contribution in [0.5, 0.6) is 0 Å². The Morgan fingerprint density at radius 2 is 1.32 bits per heavy atom. The quantitative estimate of drug-likeness (QED) is 0.564. The Balaban J connectivity index is 1.68. The molecule has 0 atom stereocenters. The van der Waals surface area contributed by atoms with Crippen LogP contribution in [0.2, 0.25) is 0 Å². The maximum absolute atomic E-state index is 8.88. The van der Waals surface area contributed by atoms with E-state index in [1.54, 1.807) is 0 Å². The predicted octanol–water partition coefficient (Wildman–Crippen LogP) is 5.52. The monoisotopic (exact) mass is 341 g/mol. The summed E-state index contributed by atoms with van der Waals surface area (Å²) >= 11 is 0. The van der Waals surface area contributed by atoms with Crippen molar-refractivity contribution in [1.29, 1.82) is 5.41 Å². The minimum absolute atomic E-state index is 0.683. The van der Waals surface area contributed by atoms with Crippen molar-refractivity contribution in [2.24, 2.45) is 11.8 Å². The minimum atomic E-state index is 0.683. The average Bonchev–Trinajstić information content (AvgIpc) is 2.68. The number of guanidine groups is 1. The van der Waals surface area contributed by atoms with E-state index in [4.69, 9.17) is 5.41 Å². The highest BCUT2D eigenvalue weighted by atomic mass is 15.3. The predicted molar refractivity (Wildman–Crippen MR) is 107 cm³/mol.